The Kier molecular flexibility index (Phi) is 4.08. The van der Waals surface area contributed by atoms with Crippen molar-refractivity contribution in [1.82, 2.24) is 4.98 Å². The van der Waals surface area contributed by atoms with Gasteiger partial charge in [0, 0.05) is 6.07 Å². The summed E-state index contributed by atoms with van der Waals surface area (Å²) >= 11 is 0. The molecule has 2 aromatic rings. The van der Waals surface area contributed by atoms with Gasteiger partial charge in [0.25, 0.3) is 0 Å². The van der Waals surface area contributed by atoms with E-state index in [1.165, 1.54) is 11.6 Å². The summed E-state index contributed by atoms with van der Waals surface area (Å²) in [6.07, 6.45) is 1.85. The van der Waals surface area contributed by atoms with Gasteiger partial charge in [-0.1, -0.05) is 36.4 Å². The van der Waals surface area contributed by atoms with E-state index in [0.717, 1.165) is 12.8 Å². The van der Waals surface area contributed by atoms with Crippen molar-refractivity contribution in [3.05, 3.63) is 60.0 Å². The maximum Gasteiger partial charge on any atom is 0.216 e. The molecule has 88 valence electrons. The molecule has 0 bridgehead atoms. The summed E-state index contributed by atoms with van der Waals surface area (Å²) in [6, 6.07) is 14.8. The molecule has 0 fully saturated rings. The molecule has 0 amide bonds. The normalized spacial score (nSPS) is 10.2. The number of nitrogens with zero attached hydrogens (tertiary/aromatic N) is 1. The van der Waals surface area contributed by atoms with Gasteiger partial charge < -0.3 is 4.74 Å². The zero-order valence-corrected chi connectivity index (χ0v) is 9.47. The second-order valence-electron chi connectivity index (χ2n) is 3.74. The Balaban J connectivity index is 1.73. The number of rotatable bonds is 5. The van der Waals surface area contributed by atoms with Crippen LogP contribution in [0.15, 0.2) is 48.5 Å². The van der Waals surface area contributed by atoms with Crippen LogP contribution in [0.25, 0.3) is 0 Å². The minimum absolute atomic E-state index is 0.345. The third-order valence-corrected chi connectivity index (χ3v) is 2.39. The molecule has 0 aliphatic heterocycles. The maximum atomic E-state index is 12.8. The van der Waals surface area contributed by atoms with Gasteiger partial charge >= 0.3 is 0 Å². The average Bonchev–Trinajstić information content (AvgIpc) is 2.36. The second-order valence-corrected chi connectivity index (χ2v) is 3.74. The molecule has 0 radical (unpaired) electrons. The Morgan fingerprint density at radius 1 is 1.00 bits per heavy atom. The standard InChI is InChI=1S/C14H14FNO/c15-13-9-4-10-14(16-13)17-11-5-8-12-6-2-1-3-7-12/h1-4,6-7,9-10H,5,8,11H2. The van der Waals surface area contributed by atoms with Crippen LogP contribution in [0.2, 0.25) is 0 Å². The quantitative estimate of drug-likeness (QED) is 0.582. The van der Waals surface area contributed by atoms with Crippen molar-refractivity contribution < 1.29 is 9.13 Å². The topological polar surface area (TPSA) is 22.1 Å². The lowest BCUT2D eigenvalue weighted by Gasteiger charge is -2.05. The van der Waals surface area contributed by atoms with Crippen LogP contribution in [0.4, 0.5) is 4.39 Å². The fourth-order valence-corrected chi connectivity index (χ4v) is 1.57. The van der Waals surface area contributed by atoms with Gasteiger partial charge in [-0.3, -0.25) is 0 Å². The van der Waals surface area contributed by atoms with E-state index >= 15 is 0 Å². The summed E-state index contributed by atoms with van der Waals surface area (Å²) in [5, 5.41) is 0. The number of hydrogen-bond acceptors (Lipinski definition) is 2. The van der Waals surface area contributed by atoms with E-state index in [9.17, 15) is 4.39 Å². The van der Waals surface area contributed by atoms with Crippen LogP contribution in [0, 0.1) is 5.95 Å². The monoisotopic (exact) mass is 231 g/mol. The molecule has 0 unspecified atom stereocenters. The van der Waals surface area contributed by atoms with E-state index in [-0.39, 0.29) is 0 Å². The van der Waals surface area contributed by atoms with Crippen LogP contribution in [0.3, 0.4) is 0 Å². The molecule has 0 saturated carbocycles. The number of pyridine rings is 1. The van der Waals surface area contributed by atoms with Crippen LogP contribution in [0.5, 0.6) is 5.88 Å². The first-order chi connectivity index (χ1) is 8.34. The first-order valence-corrected chi connectivity index (χ1v) is 5.64. The van der Waals surface area contributed by atoms with Gasteiger partial charge in [0.15, 0.2) is 0 Å². The molecule has 3 heteroatoms. The second kappa shape index (κ2) is 5.99. The molecule has 0 aliphatic carbocycles. The van der Waals surface area contributed by atoms with Gasteiger partial charge in [-0.15, -0.1) is 0 Å². The SMILES string of the molecule is Fc1cccc(OCCCc2ccccc2)n1. The van der Waals surface area contributed by atoms with Gasteiger partial charge in [0.2, 0.25) is 11.8 Å². The van der Waals surface area contributed by atoms with E-state index < -0.39 is 5.95 Å². The summed E-state index contributed by atoms with van der Waals surface area (Å²) in [7, 11) is 0. The molecule has 1 aromatic carbocycles. The third kappa shape index (κ3) is 3.87. The summed E-state index contributed by atoms with van der Waals surface area (Å²) in [5.41, 5.74) is 1.28. The lowest BCUT2D eigenvalue weighted by Crippen LogP contribution is -2.01. The molecular weight excluding hydrogens is 217 g/mol. The Morgan fingerprint density at radius 2 is 1.82 bits per heavy atom. The molecule has 0 saturated heterocycles. The number of ether oxygens (including phenoxy) is 1. The first-order valence-electron chi connectivity index (χ1n) is 5.64. The maximum absolute atomic E-state index is 12.8. The number of halogens is 1. The van der Waals surface area contributed by atoms with Gasteiger partial charge in [0.05, 0.1) is 6.61 Å². The smallest absolute Gasteiger partial charge is 0.216 e. The molecule has 2 rings (SSSR count). The summed E-state index contributed by atoms with van der Waals surface area (Å²) in [6.45, 7) is 0.547. The molecule has 0 aliphatic rings. The molecule has 17 heavy (non-hydrogen) atoms. The van der Waals surface area contributed by atoms with Crippen LogP contribution < -0.4 is 4.74 Å². The van der Waals surface area contributed by atoms with Crippen molar-refractivity contribution >= 4 is 0 Å². The Bertz CT molecular complexity index is 459. The predicted molar refractivity (Wildman–Crippen MR) is 64.5 cm³/mol. The molecule has 0 atom stereocenters. The molecule has 1 heterocycles. The van der Waals surface area contributed by atoms with Crippen LogP contribution in [-0.4, -0.2) is 11.6 Å². The third-order valence-electron chi connectivity index (χ3n) is 2.39. The first kappa shape index (κ1) is 11.6. The highest BCUT2D eigenvalue weighted by Crippen LogP contribution is 2.08. The number of aryl methyl sites for hydroxylation is 1. The van der Waals surface area contributed by atoms with Crippen molar-refractivity contribution in [2.45, 2.75) is 12.8 Å². The van der Waals surface area contributed by atoms with Crippen molar-refractivity contribution in [2.24, 2.45) is 0 Å². The van der Waals surface area contributed by atoms with Crippen molar-refractivity contribution in [1.29, 1.82) is 0 Å². The zero-order chi connectivity index (χ0) is 11.9. The van der Waals surface area contributed by atoms with Gasteiger partial charge in [-0.05, 0) is 24.5 Å². The van der Waals surface area contributed by atoms with E-state index in [1.54, 1.807) is 12.1 Å². The van der Waals surface area contributed by atoms with Crippen LogP contribution in [0.1, 0.15) is 12.0 Å². The fourth-order valence-electron chi connectivity index (χ4n) is 1.57. The summed E-state index contributed by atoms with van der Waals surface area (Å²) in [5.74, 6) is -0.163. The largest absolute Gasteiger partial charge is 0.478 e. The van der Waals surface area contributed by atoms with Gasteiger partial charge in [-0.25, -0.2) is 0 Å². The minimum atomic E-state index is -0.509. The van der Waals surface area contributed by atoms with E-state index in [2.05, 4.69) is 17.1 Å². The van der Waals surface area contributed by atoms with Crippen molar-refractivity contribution in [3.63, 3.8) is 0 Å². The molecule has 0 spiro atoms. The lowest BCUT2D eigenvalue weighted by molar-refractivity contribution is 0.294. The Morgan fingerprint density at radius 3 is 2.59 bits per heavy atom. The van der Waals surface area contributed by atoms with Crippen molar-refractivity contribution in [3.8, 4) is 5.88 Å². The molecule has 1 aromatic heterocycles. The highest BCUT2D eigenvalue weighted by atomic mass is 19.1. The molecular formula is C14H14FNO. The average molecular weight is 231 g/mol. The number of benzene rings is 1. The van der Waals surface area contributed by atoms with Gasteiger partial charge in [-0.2, -0.15) is 9.37 Å². The number of hydrogen-bond donors (Lipinski definition) is 0. The van der Waals surface area contributed by atoms with E-state index in [4.69, 9.17) is 4.74 Å². The summed E-state index contributed by atoms with van der Waals surface area (Å²) in [4.78, 5) is 3.63. The molecule has 2 nitrogen and oxygen atoms in total. The van der Waals surface area contributed by atoms with Crippen molar-refractivity contribution in [2.75, 3.05) is 6.61 Å². The fraction of sp³-hybridized carbons (Fsp3) is 0.214. The Labute approximate surface area is 100 Å². The van der Waals surface area contributed by atoms with Crippen LogP contribution >= 0.6 is 0 Å². The zero-order valence-electron chi connectivity index (χ0n) is 9.47. The predicted octanol–water partition coefficient (Wildman–Crippen LogP) is 3.23. The highest BCUT2D eigenvalue weighted by Gasteiger charge is 1.97. The lowest BCUT2D eigenvalue weighted by atomic mass is 10.1. The molecule has 0 N–H and O–H groups in total. The minimum Gasteiger partial charge on any atom is -0.478 e. The number of aromatic nitrogens is 1. The van der Waals surface area contributed by atoms with E-state index in [0.29, 0.717) is 12.5 Å². The van der Waals surface area contributed by atoms with Gasteiger partial charge in [0.1, 0.15) is 0 Å². The highest BCUT2D eigenvalue weighted by molar-refractivity contribution is 5.14. The van der Waals surface area contributed by atoms with Crippen LogP contribution in [-0.2, 0) is 6.42 Å². The van der Waals surface area contributed by atoms with E-state index in [1.807, 2.05) is 18.2 Å². The summed E-state index contributed by atoms with van der Waals surface area (Å²) < 4.78 is 18.1. The Hall–Kier alpha value is -1.90.